The number of aliphatic hydroxyl groups excluding tert-OH is 1. The largest absolute Gasteiger partial charge is 0.383 e. The molecule has 8 nitrogen and oxygen atoms in total. The van der Waals surface area contributed by atoms with Gasteiger partial charge in [0.1, 0.15) is 30.5 Å². The molecule has 4 saturated heterocycles. The van der Waals surface area contributed by atoms with Crippen LogP contribution in [0.1, 0.15) is 39.7 Å². The van der Waals surface area contributed by atoms with Crippen molar-refractivity contribution in [3.05, 3.63) is 35.9 Å². The first-order valence-corrected chi connectivity index (χ1v) is 10.5. The van der Waals surface area contributed by atoms with E-state index in [-0.39, 0.29) is 18.4 Å². The maximum absolute atomic E-state index is 12.8. The van der Waals surface area contributed by atoms with Crippen molar-refractivity contribution in [3.63, 3.8) is 0 Å². The summed E-state index contributed by atoms with van der Waals surface area (Å²) >= 11 is 0. The number of amides is 1. The first-order valence-electron chi connectivity index (χ1n) is 10.5. The van der Waals surface area contributed by atoms with E-state index in [9.17, 15) is 9.90 Å². The molecule has 30 heavy (non-hydrogen) atoms. The van der Waals surface area contributed by atoms with Crippen molar-refractivity contribution in [2.75, 3.05) is 0 Å². The first kappa shape index (κ1) is 20.4. The van der Waals surface area contributed by atoms with Gasteiger partial charge in [-0.25, -0.2) is 0 Å². The van der Waals surface area contributed by atoms with Crippen LogP contribution in [0.2, 0.25) is 0 Å². The van der Waals surface area contributed by atoms with Crippen molar-refractivity contribution in [1.29, 1.82) is 0 Å². The minimum absolute atomic E-state index is 0.269. The van der Waals surface area contributed by atoms with Gasteiger partial charge in [-0.1, -0.05) is 30.3 Å². The number of ether oxygens (including phenoxy) is 5. The van der Waals surface area contributed by atoms with Gasteiger partial charge < -0.3 is 33.7 Å². The Kier molecular flexibility index (Phi) is 4.74. The summed E-state index contributed by atoms with van der Waals surface area (Å²) in [6.07, 6.45) is -3.20. The Labute approximate surface area is 176 Å². The summed E-state index contributed by atoms with van der Waals surface area (Å²) in [5.74, 6) is -1.92. The monoisotopic (exact) mass is 419 g/mol. The fourth-order valence-corrected chi connectivity index (χ4v) is 5.05. The van der Waals surface area contributed by atoms with Gasteiger partial charge in [0.25, 0.3) is 5.91 Å². The first-order chi connectivity index (χ1) is 14.1. The molecule has 4 heterocycles. The lowest BCUT2D eigenvalue weighted by atomic mass is 9.92. The maximum atomic E-state index is 12.8. The summed E-state index contributed by atoms with van der Waals surface area (Å²) in [6, 6.07) is 9.35. The third-order valence-electron chi connectivity index (χ3n) is 6.20. The molecule has 0 unspecified atom stereocenters. The zero-order valence-corrected chi connectivity index (χ0v) is 17.7. The van der Waals surface area contributed by atoms with Crippen LogP contribution in [0.5, 0.6) is 0 Å². The molecule has 0 aromatic heterocycles. The van der Waals surface area contributed by atoms with E-state index in [4.69, 9.17) is 23.7 Å². The van der Waals surface area contributed by atoms with Gasteiger partial charge in [0.05, 0.1) is 6.04 Å². The van der Waals surface area contributed by atoms with E-state index in [1.807, 2.05) is 58.0 Å². The minimum atomic E-state index is -1.06. The molecule has 1 aromatic rings. The lowest BCUT2D eigenvalue weighted by Crippen LogP contribution is -2.60. The number of hydrogen-bond donors (Lipinski definition) is 1. The van der Waals surface area contributed by atoms with Crippen LogP contribution in [0, 0.1) is 0 Å². The molecule has 4 aliphatic rings. The molecule has 5 rings (SSSR count). The molecule has 1 N–H and O–H groups in total. The van der Waals surface area contributed by atoms with E-state index in [0.29, 0.717) is 6.54 Å². The van der Waals surface area contributed by atoms with Crippen molar-refractivity contribution in [2.24, 2.45) is 0 Å². The molecule has 0 bridgehead atoms. The average molecular weight is 419 g/mol. The number of fused-ring (bicyclic) bond motifs is 3. The highest BCUT2D eigenvalue weighted by atomic mass is 16.9. The SMILES string of the molecule is CC1(C)O[C@@H]2[C@H](O1)[C@H]1OC(C)(C)O[C@H]1O[C@@H]2[C@H]1C[C@@H](O)C(=O)N1Cc1ccccc1. The quantitative estimate of drug-likeness (QED) is 0.795. The van der Waals surface area contributed by atoms with Crippen molar-refractivity contribution in [3.8, 4) is 0 Å². The highest BCUT2D eigenvalue weighted by Gasteiger charge is 2.63. The fourth-order valence-electron chi connectivity index (χ4n) is 5.05. The zero-order chi connectivity index (χ0) is 21.3. The molecule has 1 aromatic carbocycles. The Morgan fingerprint density at radius 3 is 2.23 bits per heavy atom. The second-order valence-corrected chi connectivity index (χ2v) is 9.40. The second-order valence-electron chi connectivity index (χ2n) is 9.40. The molecule has 7 atom stereocenters. The number of likely N-dealkylation sites (tertiary alicyclic amines) is 1. The summed E-state index contributed by atoms with van der Waals surface area (Å²) in [6.45, 7) is 7.78. The third kappa shape index (κ3) is 3.45. The van der Waals surface area contributed by atoms with Gasteiger partial charge in [-0.3, -0.25) is 4.79 Å². The van der Waals surface area contributed by atoms with Gasteiger partial charge >= 0.3 is 0 Å². The van der Waals surface area contributed by atoms with Gasteiger partial charge in [0, 0.05) is 13.0 Å². The Morgan fingerprint density at radius 2 is 1.53 bits per heavy atom. The molecule has 164 valence electrons. The van der Waals surface area contributed by atoms with Crippen molar-refractivity contribution < 1.29 is 33.6 Å². The van der Waals surface area contributed by atoms with Gasteiger partial charge in [-0.05, 0) is 33.3 Å². The molecule has 0 radical (unpaired) electrons. The van der Waals surface area contributed by atoms with E-state index in [0.717, 1.165) is 5.56 Å². The lowest BCUT2D eigenvalue weighted by Gasteiger charge is -2.42. The zero-order valence-electron chi connectivity index (χ0n) is 17.7. The van der Waals surface area contributed by atoms with E-state index >= 15 is 0 Å². The van der Waals surface area contributed by atoms with Crippen LogP contribution in [-0.2, 0) is 35.0 Å². The summed E-state index contributed by atoms with van der Waals surface area (Å²) in [5.41, 5.74) is 0.987. The lowest BCUT2D eigenvalue weighted by molar-refractivity contribution is -0.244. The molecule has 1 amide bonds. The predicted molar refractivity (Wildman–Crippen MR) is 104 cm³/mol. The van der Waals surface area contributed by atoms with Crippen molar-refractivity contribution in [1.82, 2.24) is 4.90 Å². The number of hydrogen-bond acceptors (Lipinski definition) is 7. The van der Waals surface area contributed by atoms with E-state index in [1.165, 1.54) is 0 Å². The van der Waals surface area contributed by atoms with Gasteiger partial charge in [-0.2, -0.15) is 0 Å². The van der Waals surface area contributed by atoms with Crippen LogP contribution in [0.15, 0.2) is 30.3 Å². The van der Waals surface area contributed by atoms with Gasteiger partial charge in [0.15, 0.2) is 17.9 Å². The normalized spacial score (nSPS) is 41.7. The maximum Gasteiger partial charge on any atom is 0.252 e. The summed E-state index contributed by atoms with van der Waals surface area (Å²) < 4.78 is 30.8. The average Bonchev–Trinajstić information content (AvgIpc) is 3.26. The Hall–Kier alpha value is -1.55. The van der Waals surface area contributed by atoms with Crippen molar-refractivity contribution in [2.45, 2.75) is 95.1 Å². The minimum Gasteiger partial charge on any atom is -0.383 e. The standard InChI is InChI=1S/C22H29NO7/c1-21(2)27-16-15(26-20-18(17(16)28-21)29-22(3,4)30-20)13-10-14(24)19(25)23(13)11-12-8-6-5-7-9-12/h5-9,13-18,20,24H,10-11H2,1-4H3/t13-,14-,15-,16+,17+,18-,20-/m1/s1. The van der Waals surface area contributed by atoms with Gasteiger partial charge in [-0.15, -0.1) is 0 Å². The van der Waals surface area contributed by atoms with E-state index < -0.39 is 48.4 Å². The van der Waals surface area contributed by atoms with Crippen LogP contribution < -0.4 is 0 Å². The summed E-state index contributed by atoms with van der Waals surface area (Å²) in [4.78, 5) is 14.5. The highest BCUT2D eigenvalue weighted by Crippen LogP contribution is 2.46. The molecular formula is C22H29NO7. The molecule has 0 spiro atoms. The van der Waals surface area contributed by atoms with Crippen LogP contribution in [0.25, 0.3) is 0 Å². The molecule has 4 aliphatic heterocycles. The van der Waals surface area contributed by atoms with Crippen LogP contribution in [0.4, 0.5) is 0 Å². The molecule has 0 saturated carbocycles. The van der Waals surface area contributed by atoms with Crippen molar-refractivity contribution >= 4 is 5.91 Å². The number of aliphatic hydroxyl groups is 1. The molecule has 8 heteroatoms. The Morgan fingerprint density at radius 1 is 0.933 bits per heavy atom. The molecule has 0 aliphatic carbocycles. The number of carbonyl (C=O) groups is 1. The van der Waals surface area contributed by atoms with Gasteiger partial charge in [0.2, 0.25) is 0 Å². The Bertz CT molecular complexity index is 813. The molecule has 4 fully saturated rings. The summed E-state index contributed by atoms with van der Waals surface area (Å²) in [7, 11) is 0. The summed E-state index contributed by atoms with van der Waals surface area (Å²) in [5, 5.41) is 10.4. The smallest absolute Gasteiger partial charge is 0.252 e. The third-order valence-corrected chi connectivity index (χ3v) is 6.20. The molecular weight excluding hydrogens is 390 g/mol. The fraction of sp³-hybridized carbons (Fsp3) is 0.682. The van der Waals surface area contributed by atoms with E-state index in [2.05, 4.69) is 0 Å². The van der Waals surface area contributed by atoms with Crippen LogP contribution in [-0.4, -0.2) is 70.3 Å². The Balaban J connectivity index is 1.46. The number of carbonyl (C=O) groups excluding carboxylic acids is 1. The van der Waals surface area contributed by atoms with E-state index in [1.54, 1.807) is 4.90 Å². The predicted octanol–water partition coefficient (Wildman–Crippen LogP) is 1.54. The number of nitrogens with zero attached hydrogens (tertiary/aromatic N) is 1. The number of benzene rings is 1. The van der Waals surface area contributed by atoms with Crippen LogP contribution >= 0.6 is 0 Å². The second kappa shape index (κ2) is 6.98. The number of rotatable bonds is 3. The highest BCUT2D eigenvalue weighted by molar-refractivity contribution is 5.83. The van der Waals surface area contributed by atoms with Crippen LogP contribution in [0.3, 0.4) is 0 Å². The topological polar surface area (TPSA) is 86.7 Å².